The number of hydrazone groups is 1. The lowest BCUT2D eigenvalue weighted by Gasteiger charge is -2.04. The number of benzene rings is 2. The molecule has 124 valence electrons. The second-order valence-corrected chi connectivity index (χ2v) is 6.32. The first-order valence-corrected chi connectivity index (χ1v) is 8.07. The zero-order valence-corrected chi connectivity index (χ0v) is 15.1. The molecule has 2 rings (SSSR count). The first-order chi connectivity index (χ1) is 11.4. The number of carbonyl (C=O) groups excluding carboxylic acids is 2. The van der Waals surface area contributed by atoms with Crippen LogP contribution >= 0.6 is 31.9 Å². The van der Waals surface area contributed by atoms with Crippen LogP contribution < -0.4 is 10.9 Å². The summed E-state index contributed by atoms with van der Waals surface area (Å²) in [5.74, 6) is -1.29. The molecule has 2 aromatic rings. The van der Waals surface area contributed by atoms with Crippen molar-refractivity contribution in [3.8, 4) is 5.75 Å². The molecular formula is C15H11Br2N3O4. The van der Waals surface area contributed by atoms with E-state index in [4.69, 9.17) is 5.21 Å². The summed E-state index contributed by atoms with van der Waals surface area (Å²) in [6.07, 6.45) is 1.28. The third-order valence-electron chi connectivity index (χ3n) is 2.92. The number of nitrogens with zero attached hydrogens (tertiary/aromatic N) is 1. The summed E-state index contributed by atoms with van der Waals surface area (Å²) in [7, 11) is 0. The SMILES string of the molecule is O=C(NO)c1cccc(C(=O)N/N=C/c2cc(Br)cc(Br)c2O)c1. The van der Waals surface area contributed by atoms with Crippen molar-refractivity contribution in [1.82, 2.24) is 10.9 Å². The van der Waals surface area contributed by atoms with Crippen molar-refractivity contribution in [3.63, 3.8) is 0 Å². The van der Waals surface area contributed by atoms with E-state index in [-0.39, 0.29) is 16.9 Å². The van der Waals surface area contributed by atoms with Crippen LogP contribution in [-0.4, -0.2) is 28.3 Å². The predicted molar refractivity (Wildman–Crippen MR) is 94.3 cm³/mol. The quantitative estimate of drug-likeness (QED) is 0.322. The molecule has 0 atom stereocenters. The summed E-state index contributed by atoms with van der Waals surface area (Å²) < 4.78 is 1.20. The zero-order valence-electron chi connectivity index (χ0n) is 12.0. The van der Waals surface area contributed by atoms with E-state index in [9.17, 15) is 14.7 Å². The highest BCUT2D eigenvalue weighted by molar-refractivity contribution is 9.11. The van der Waals surface area contributed by atoms with E-state index in [1.807, 2.05) is 0 Å². The largest absolute Gasteiger partial charge is 0.506 e. The zero-order chi connectivity index (χ0) is 17.7. The summed E-state index contributed by atoms with van der Waals surface area (Å²) in [5.41, 5.74) is 4.49. The fourth-order valence-electron chi connectivity index (χ4n) is 1.78. The van der Waals surface area contributed by atoms with Crippen LogP contribution in [-0.2, 0) is 0 Å². The van der Waals surface area contributed by atoms with Gasteiger partial charge >= 0.3 is 0 Å². The van der Waals surface area contributed by atoms with Crippen LogP contribution in [0.5, 0.6) is 5.75 Å². The lowest BCUT2D eigenvalue weighted by atomic mass is 10.1. The first-order valence-electron chi connectivity index (χ1n) is 6.48. The second kappa shape index (κ2) is 8.04. The van der Waals surface area contributed by atoms with E-state index < -0.39 is 11.8 Å². The van der Waals surface area contributed by atoms with E-state index in [2.05, 4.69) is 42.4 Å². The van der Waals surface area contributed by atoms with E-state index in [1.165, 1.54) is 36.0 Å². The molecule has 0 unspecified atom stereocenters. The molecule has 0 fully saturated rings. The Labute approximate surface area is 153 Å². The van der Waals surface area contributed by atoms with Gasteiger partial charge in [0.25, 0.3) is 11.8 Å². The van der Waals surface area contributed by atoms with Crippen molar-refractivity contribution in [1.29, 1.82) is 0 Å². The van der Waals surface area contributed by atoms with Gasteiger partial charge in [-0.25, -0.2) is 10.9 Å². The minimum absolute atomic E-state index is 0.0159. The van der Waals surface area contributed by atoms with Crippen LogP contribution in [0.3, 0.4) is 0 Å². The highest BCUT2D eigenvalue weighted by atomic mass is 79.9. The summed E-state index contributed by atoms with van der Waals surface area (Å²) in [5, 5.41) is 22.3. The van der Waals surface area contributed by atoms with E-state index in [1.54, 1.807) is 12.1 Å². The van der Waals surface area contributed by atoms with Gasteiger partial charge in [-0.15, -0.1) is 0 Å². The number of aromatic hydroxyl groups is 1. The molecule has 0 saturated carbocycles. The number of phenolic OH excluding ortho intramolecular Hbond substituents is 1. The number of amides is 2. The van der Waals surface area contributed by atoms with Crippen LogP contribution in [0.2, 0.25) is 0 Å². The molecule has 4 N–H and O–H groups in total. The van der Waals surface area contributed by atoms with Gasteiger partial charge in [-0.1, -0.05) is 22.0 Å². The molecule has 9 heteroatoms. The molecule has 7 nitrogen and oxygen atoms in total. The second-order valence-electron chi connectivity index (χ2n) is 4.55. The highest BCUT2D eigenvalue weighted by Gasteiger charge is 2.10. The predicted octanol–water partition coefficient (Wildman–Crippen LogP) is 2.80. The topological polar surface area (TPSA) is 111 Å². The molecular weight excluding hydrogens is 446 g/mol. The maximum absolute atomic E-state index is 12.0. The minimum atomic E-state index is -0.725. The number of rotatable bonds is 4. The Bertz CT molecular complexity index is 824. The fraction of sp³-hybridized carbons (Fsp3) is 0. The van der Waals surface area contributed by atoms with Gasteiger partial charge in [0.1, 0.15) is 5.75 Å². The maximum atomic E-state index is 12.0. The molecule has 0 aliphatic heterocycles. The van der Waals surface area contributed by atoms with Crippen LogP contribution in [0.15, 0.2) is 50.4 Å². The number of carbonyl (C=O) groups is 2. The highest BCUT2D eigenvalue weighted by Crippen LogP contribution is 2.30. The van der Waals surface area contributed by atoms with Gasteiger partial charge in [0.2, 0.25) is 0 Å². The Morgan fingerprint density at radius 2 is 1.75 bits per heavy atom. The average molecular weight is 457 g/mol. The van der Waals surface area contributed by atoms with Gasteiger partial charge in [-0.2, -0.15) is 5.10 Å². The maximum Gasteiger partial charge on any atom is 0.274 e. The third kappa shape index (κ3) is 4.40. The lowest BCUT2D eigenvalue weighted by molar-refractivity contribution is 0.0706. The van der Waals surface area contributed by atoms with Crippen molar-refractivity contribution in [2.24, 2.45) is 5.10 Å². The average Bonchev–Trinajstić information content (AvgIpc) is 2.58. The van der Waals surface area contributed by atoms with Gasteiger partial charge in [-0.3, -0.25) is 14.8 Å². The minimum Gasteiger partial charge on any atom is -0.506 e. The first kappa shape index (κ1) is 18.1. The molecule has 0 saturated heterocycles. The Balaban J connectivity index is 2.12. The van der Waals surface area contributed by atoms with Gasteiger partial charge in [-0.05, 0) is 46.3 Å². The lowest BCUT2D eigenvalue weighted by Crippen LogP contribution is -2.21. The Morgan fingerprint density at radius 3 is 2.42 bits per heavy atom. The molecule has 0 heterocycles. The van der Waals surface area contributed by atoms with Gasteiger partial charge < -0.3 is 5.11 Å². The number of hydrogen-bond donors (Lipinski definition) is 4. The number of phenols is 1. The van der Waals surface area contributed by atoms with Gasteiger partial charge in [0, 0.05) is 21.2 Å². The number of hydroxylamine groups is 1. The fourth-order valence-corrected chi connectivity index (χ4v) is 3.03. The Morgan fingerprint density at radius 1 is 1.08 bits per heavy atom. The standard InChI is InChI=1S/C15H11Br2N3O4/c16-11-5-10(13(21)12(17)6-11)7-18-19-14(22)8-2-1-3-9(4-8)15(23)20-24/h1-7,21,24H,(H,19,22)(H,20,23)/b18-7+. The molecule has 24 heavy (non-hydrogen) atoms. The molecule has 0 aliphatic rings. The van der Waals surface area contributed by atoms with E-state index in [0.29, 0.717) is 10.0 Å². The van der Waals surface area contributed by atoms with E-state index >= 15 is 0 Å². The molecule has 0 spiro atoms. The molecule has 0 radical (unpaired) electrons. The molecule has 0 aliphatic carbocycles. The summed E-state index contributed by atoms with van der Waals surface area (Å²) in [6, 6.07) is 9.05. The van der Waals surface area contributed by atoms with Gasteiger partial charge in [0.15, 0.2) is 0 Å². The van der Waals surface area contributed by atoms with Crippen LogP contribution in [0, 0.1) is 0 Å². The summed E-state index contributed by atoms with van der Waals surface area (Å²) in [4.78, 5) is 23.3. The third-order valence-corrected chi connectivity index (χ3v) is 3.98. The number of nitrogens with one attached hydrogen (secondary N) is 2. The molecule has 0 aromatic heterocycles. The van der Waals surface area contributed by atoms with Crippen molar-refractivity contribution in [2.75, 3.05) is 0 Å². The van der Waals surface area contributed by atoms with E-state index in [0.717, 1.165) is 4.47 Å². The summed E-state index contributed by atoms with van der Waals surface area (Å²) >= 11 is 6.48. The normalized spacial score (nSPS) is 10.6. The Kier molecular flexibility index (Phi) is 6.07. The van der Waals surface area contributed by atoms with Crippen LogP contribution in [0.1, 0.15) is 26.3 Å². The van der Waals surface area contributed by atoms with Crippen molar-refractivity contribution < 1.29 is 19.9 Å². The van der Waals surface area contributed by atoms with Crippen molar-refractivity contribution >= 4 is 49.9 Å². The number of halogens is 2. The number of hydrogen-bond acceptors (Lipinski definition) is 5. The van der Waals surface area contributed by atoms with Crippen LogP contribution in [0.25, 0.3) is 0 Å². The van der Waals surface area contributed by atoms with Crippen LogP contribution in [0.4, 0.5) is 0 Å². The van der Waals surface area contributed by atoms with Crippen molar-refractivity contribution in [3.05, 3.63) is 62.0 Å². The molecule has 0 bridgehead atoms. The molecule has 2 amide bonds. The Hall–Kier alpha value is -2.23. The van der Waals surface area contributed by atoms with Crippen molar-refractivity contribution in [2.45, 2.75) is 0 Å². The summed E-state index contributed by atoms with van der Waals surface area (Å²) in [6.45, 7) is 0. The smallest absolute Gasteiger partial charge is 0.274 e. The van der Waals surface area contributed by atoms with Gasteiger partial charge in [0.05, 0.1) is 10.7 Å². The molecule has 2 aromatic carbocycles. The monoisotopic (exact) mass is 455 g/mol.